The second-order valence-electron chi connectivity index (χ2n) is 4.79. The third kappa shape index (κ3) is 6.16. The van der Waals surface area contributed by atoms with Crippen LogP contribution < -0.4 is 10.5 Å². The minimum absolute atomic E-state index is 0.00162. The van der Waals surface area contributed by atoms with E-state index in [-0.39, 0.29) is 10.8 Å². The summed E-state index contributed by atoms with van der Waals surface area (Å²) in [5, 5.41) is 7.73. The van der Waals surface area contributed by atoms with Crippen molar-refractivity contribution >= 4 is 21.6 Å². The van der Waals surface area contributed by atoms with Crippen molar-refractivity contribution in [1.82, 2.24) is 0 Å². The molecule has 20 heavy (non-hydrogen) atoms. The number of nitrogens with one attached hydrogen (secondary N) is 1. The highest BCUT2D eigenvalue weighted by Crippen LogP contribution is 2.15. The summed E-state index contributed by atoms with van der Waals surface area (Å²) < 4.78 is 22.4. The number of sulfonamides is 1. The number of nitrogens with two attached hydrogens (primary N) is 1. The van der Waals surface area contributed by atoms with E-state index in [1.54, 1.807) is 12.1 Å². The fourth-order valence-corrected chi connectivity index (χ4v) is 2.42. The van der Waals surface area contributed by atoms with E-state index >= 15 is 0 Å². The molecule has 1 rings (SSSR count). The molecule has 0 atom stereocenters. The number of unbranched alkanes of at least 4 members (excludes halogenated alkanes) is 4. The molecule has 0 aliphatic carbocycles. The van der Waals surface area contributed by atoms with Crippen LogP contribution in [0.3, 0.4) is 0 Å². The Morgan fingerprint density at radius 2 is 1.90 bits per heavy atom. The van der Waals surface area contributed by atoms with E-state index in [0.717, 1.165) is 19.3 Å². The molecule has 0 unspecified atom stereocenters. The van der Waals surface area contributed by atoms with Crippen LogP contribution in [0.15, 0.2) is 29.2 Å². The molecule has 3 N–H and O–H groups in total. The molecule has 6 heteroatoms. The summed E-state index contributed by atoms with van der Waals surface area (Å²) in [6.45, 7) is 2.14. The normalized spacial score (nSPS) is 11.3. The lowest BCUT2D eigenvalue weighted by atomic mass is 10.1. The monoisotopic (exact) mass is 298 g/mol. The van der Waals surface area contributed by atoms with Crippen molar-refractivity contribution in [3.8, 4) is 0 Å². The number of hydrogen-bond donors (Lipinski definition) is 2. The minimum atomic E-state index is -3.74. The number of hydrogen-bond acceptors (Lipinski definition) is 3. The molecule has 1 aromatic carbocycles. The maximum absolute atomic E-state index is 11.7. The van der Waals surface area contributed by atoms with Gasteiger partial charge in [-0.2, -0.15) is 0 Å². The zero-order valence-electron chi connectivity index (χ0n) is 11.8. The Balaban J connectivity index is 2.46. The first-order valence-corrected chi connectivity index (χ1v) is 8.41. The molecule has 0 radical (unpaired) electrons. The molecule has 0 fully saturated rings. The van der Waals surface area contributed by atoms with Crippen LogP contribution in [0.2, 0.25) is 0 Å². The van der Waals surface area contributed by atoms with Crippen molar-refractivity contribution in [3.63, 3.8) is 0 Å². The molecule has 0 aliphatic rings. The first kappa shape index (κ1) is 16.7. The van der Waals surface area contributed by atoms with Crippen LogP contribution in [0.5, 0.6) is 0 Å². The molecule has 5 nitrogen and oxygen atoms in total. The fourth-order valence-electron chi connectivity index (χ4n) is 1.86. The first-order chi connectivity index (χ1) is 9.43. The van der Waals surface area contributed by atoms with Crippen molar-refractivity contribution in [2.45, 2.75) is 50.3 Å². The van der Waals surface area contributed by atoms with E-state index in [9.17, 15) is 13.2 Å². The fraction of sp³-hybridized carbons (Fsp3) is 0.500. The van der Waals surface area contributed by atoms with Crippen molar-refractivity contribution in [2.75, 3.05) is 5.32 Å². The molecule has 1 amide bonds. The number of benzene rings is 1. The Kier molecular flexibility index (Phi) is 6.67. The summed E-state index contributed by atoms with van der Waals surface area (Å²) in [4.78, 5) is 11.7. The van der Waals surface area contributed by atoms with Gasteiger partial charge in [0.2, 0.25) is 15.9 Å². The van der Waals surface area contributed by atoms with E-state index in [1.807, 2.05) is 0 Å². The van der Waals surface area contributed by atoms with E-state index in [4.69, 9.17) is 5.14 Å². The Hall–Kier alpha value is -1.40. The third-order valence-electron chi connectivity index (χ3n) is 2.95. The van der Waals surface area contributed by atoms with Gasteiger partial charge in [-0.05, 0) is 24.6 Å². The first-order valence-electron chi connectivity index (χ1n) is 6.86. The summed E-state index contributed by atoms with van der Waals surface area (Å²) in [5.41, 5.74) is 0.454. The van der Waals surface area contributed by atoms with Gasteiger partial charge in [0.05, 0.1) is 4.90 Å². The minimum Gasteiger partial charge on any atom is -0.326 e. The van der Waals surface area contributed by atoms with Gasteiger partial charge in [0, 0.05) is 12.1 Å². The summed E-state index contributed by atoms with van der Waals surface area (Å²) in [6.07, 6.45) is 5.85. The average Bonchev–Trinajstić information content (AvgIpc) is 2.38. The van der Waals surface area contributed by atoms with E-state index < -0.39 is 10.0 Å². The Morgan fingerprint density at radius 3 is 2.55 bits per heavy atom. The number of carbonyl (C=O) groups is 1. The third-order valence-corrected chi connectivity index (χ3v) is 3.86. The van der Waals surface area contributed by atoms with Crippen LogP contribution in [-0.4, -0.2) is 14.3 Å². The quantitative estimate of drug-likeness (QED) is 0.723. The number of primary sulfonamides is 1. The zero-order chi connectivity index (χ0) is 15.0. The predicted molar refractivity (Wildman–Crippen MR) is 79.8 cm³/mol. The summed E-state index contributed by atoms with van der Waals surface area (Å²) in [6, 6.07) is 5.96. The molecule has 0 aromatic heterocycles. The molecule has 0 bridgehead atoms. The smallest absolute Gasteiger partial charge is 0.238 e. The molecular formula is C14H22N2O3S. The maximum atomic E-state index is 11.7. The summed E-state index contributed by atoms with van der Waals surface area (Å²) in [5.74, 6) is -0.104. The standard InChI is InChI=1S/C14H22N2O3S/c1-2-3-4-5-6-10-14(17)16-12-8-7-9-13(11-12)20(15,18)19/h7-9,11H,2-6,10H2,1H3,(H,16,17)(H2,15,18,19). The summed E-state index contributed by atoms with van der Waals surface area (Å²) in [7, 11) is -3.74. The van der Waals surface area contributed by atoms with Crippen LogP contribution in [0.25, 0.3) is 0 Å². The van der Waals surface area contributed by atoms with Gasteiger partial charge in [0.15, 0.2) is 0 Å². The number of anilines is 1. The number of amides is 1. The molecule has 0 saturated carbocycles. The van der Waals surface area contributed by atoms with Crippen molar-refractivity contribution in [1.29, 1.82) is 0 Å². The molecule has 0 heterocycles. The zero-order valence-corrected chi connectivity index (χ0v) is 12.6. The Bertz CT molecular complexity index is 541. The van der Waals surface area contributed by atoms with Crippen molar-refractivity contribution in [2.24, 2.45) is 5.14 Å². The second-order valence-corrected chi connectivity index (χ2v) is 6.35. The highest BCUT2D eigenvalue weighted by atomic mass is 32.2. The van der Waals surface area contributed by atoms with Crippen LogP contribution in [0.1, 0.15) is 45.4 Å². The van der Waals surface area contributed by atoms with E-state index in [2.05, 4.69) is 12.2 Å². The van der Waals surface area contributed by atoms with Gasteiger partial charge in [-0.1, -0.05) is 38.7 Å². The lowest BCUT2D eigenvalue weighted by Gasteiger charge is -2.06. The second kappa shape index (κ2) is 8.01. The van der Waals surface area contributed by atoms with Gasteiger partial charge in [0.1, 0.15) is 0 Å². The predicted octanol–water partition coefficient (Wildman–Crippen LogP) is 2.63. The SMILES string of the molecule is CCCCCCCC(=O)Nc1cccc(S(N)(=O)=O)c1. The number of carbonyl (C=O) groups excluding carboxylic acids is 1. The van der Waals surface area contributed by atoms with Crippen LogP contribution in [-0.2, 0) is 14.8 Å². The molecule has 0 aliphatic heterocycles. The summed E-state index contributed by atoms with van der Waals surface area (Å²) >= 11 is 0. The highest BCUT2D eigenvalue weighted by molar-refractivity contribution is 7.89. The molecular weight excluding hydrogens is 276 g/mol. The maximum Gasteiger partial charge on any atom is 0.238 e. The van der Waals surface area contributed by atoms with Gasteiger partial charge < -0.3 is 5.32 Å². The molecule has 0 spiro atoms. The van der Waals surface area contributed by atoms with Gasteiger partial charge in [-0.25, -0.2) is 13.6 Å². The van der Waals surface area contributed by atoms with Crippen LogP contribution in [0.4, 0.5) is 5.69 Å². The molecule has 0 saturated heterocycles. The lowest BCUT2D eigenvalue weighted by Crippen LogP contribution is -2.14. The van der Waals surface area contributed by atoms with E-state index in [1.165, 1.54) is 25.0 Å². The van der Waals surface area contributed by atoms with Gasteiger partial charge in [-0.3, -0.25) is 4.79 Å². The van der Waals surface area contributed by atoms with Gasteiger partial charge in [-0.15, -0.1) is 0 Å². The van der Waals surface area contributed by atoms with Gasteiger partial charge in [0.25, 0.3) is 0 Å². The van der Waals surface area contributed by atoms with Crippen LogP contribution in [0, 0.1) is 0 Å². The van der Waals surface area contributed by atoms with Crippen LogP contribution >= 0.6 is 0 Å². The highest BCUT2D eigenvalue weighted by Gasteiger charge is 2.09. The number of rotatable bonds is 8. The average molecular weight is 298 g/mol. The molecule has 112 valence electrons. The molecule has 1 aromatic rings. The van der Waals surface area contributed by atoms with Crippen molar-refractivity contribution in [3.05, 3.63) is 24.3 Å². The van der Waals surface area contributed by atoms with Gasteiger partial charge >= 0.3 is 0 Å². The van der Waals surface area contributed by atoms with Crippen molar-refractivity contribution < 1.29 is 13.2 Å². The largest absolute Gasteiger partial charge is 0.326 e. The lowest BCUT2D eigenvalue weighted by molar-refractivity contribution is -0.116. The Morgan fingerprint density at radius 1 is 1.20 bits per heavy atom. The Labute approximate surface area is 120 Å². The topological polar surface area (TPSA) is 89.3 Å². The van der Waals surface area contributed by atoms with E-state index in [0.29, 0.717) is 12.1 Å².